The van der Waals surface area contributed by atoms with Crippen molar-refractivity contribution in [1.82, 2.24) is 19.1 Å². The highest BCUT2D eigenvalue weighted by Crippen LogP contribution is 2.27. The molecule has 4 rings (SSSR count). The Balaban J connectivity index is 1.82. The van der Waals surface area contributed by atoms with Gasteiger partial charge in [-0.15, -0.1) is 0 Å². The highest BCUT2D eigenvalue weighted by atomic mass is 35.5. The molecular formula is C20H15ClN4O4S. The molecule has 3 heterocycles. The number of carbonyl (C=O) groups excluding carboxylic acids is 1. The molecule has 0 spiro atoms. The molecule has 1 aromatic carbocycles. The molecule has 152 valence electrons. The van der Waals surface area contributed by atoms with E-state index >= 15 is 0 Å². The van der Waals surface area contributed by atoms with Gasteiger partial charge >= 0.3 is 5.69 Å². The Morgan fingerprint density at radius 1 is 1.10 bits per heavy atom. The summed E-state index contributed by atoms with van der Waals surface area (Å²) >= 11 is 6.98. The van der Waals surface area contributed by atoms with Gasteiger partial charge in [-0.3, -0.25) is 18.7 Å². The van der Waals surface area contributed by atoms with E-state index in [0.29, 0.717) is 21.4 Å². The molecule has 4 aromatic rings. The van der Waals surface area contributed by atoms with Crippen LogP contribution in [0, 0.1) is 0 Å². The predicted octanol–water partition coefficient (Wildman–Crippen LogP) is 2.92. The fourth-order valence-electron chi connectivity index (χ4n) is 2.90. The molecule has 8 nitrogen and oxygen atoms in total. The average molecular weight is 443 g/mol. The van der Waals surface area contributed by atoms with Crippen LogP contribution < -0.4 is 11.2 Å². The zero-order valence-corrected chi connectivity index (χ0v) is 17.5. The van der Waals surface area contributed by atoms with Crippen LogP contribution in [0.5, 0.6) is 0 Å². The molecule has 0 atom stereocenters. The molecule has 0 saturated heterocycles. The largest absolute Gasteiger partial charge is 0.461 e. The number of thioether (sulfide) groups is 1. The molecular weight excluding hydrogens is 428 g/mol. The smallest absolute Gasteiger partial charge is 0.332 e. The number of hydrogen-bond donors (Lipinski definition) is 0. The quantitative estimate of drug-likeness (QED) is 0.266. The summed E-state index contributed by atoms with van der Waals surface area (Å²) in [5.74, 6) is 0.495. The van der Waals surface area contributed by atoms with Gasteiger partial charge in [-0.25, -0.2) is 14.8 Å². The third kappa shape index (κ3) is 3.57. The first-order valence-corrected chi connectivity index (χ1v) is 10.2. The molecule has 0 radical (unpaired) electrons. The van der Waals surface area contributed by atoms with Crippen LogP contribution in [0.4, 0.5) is 0 Å². The van der Waals surface area contributed by atoms with Gasteiger partial charge in [-0.1, -0.05) is 23.4 Å². The first-order valence-electron chi connectivity index (χ1n) is 8.80. The van der Waals surface area contributed by atoms with Crippen LogP contribution in [0.3, 0.4) is 0 Å². The van der Waals surface area contributed by atoms with E-state index in [1.165, 1.54) is 24.9 Å². The Labute approximate surface area is 179 Å². The van der Waals surface area contributed by atoms with Crippen LogP contribution in [0.15, 0.2) is 61.7 Å². The van der Waals surface area contributed by atoms with Gasteiger partial charge in [0.1, 0.15) is 10.4 Å². The minimum atomic E-state index is -0.527. The number of ketones is 1. The molecule has 10 heteroatoms. The molecule has 3 aromatic heterocycles. The van der Waals surface area contributed by atoms with Crippen molar-refractivity contribution >= 4 is 40.2 Å². The lowest BCUT2D eigenvalue weighted by Crippen LogP contribution is -2.37. The van der Waals surface area contributed by atoms with Crippen molar-refractivity contribution in [3.8, 4) is 11.6 Å². The summed E-state index contributed by atoms with van der Waals surface area (Å²) in [6.07, 6.45) is 1.48. The maximum absolute atomic E-state index is 12.8. The predicted molar refractivity (Wildman–Crippen MR) is 114 cm³/mol. The van der Waals surface area contributed by atoms with E-state index in [2.05, 4.69) is 9.97 Å². The van der Waals surface area contributed by atoms with Gasteiger partial charge in [0, 0.05) is 24.7 Å². The molecule has 0 aliphatic rings. The summed E-state index contributed by atoms with van der Waals surface area (Å²) in [5, 5.41) is 1.00. The third-order valence-electron chi connectivity index (χ3n) is 4.51. The molecule has 0 aliphatic carbocycles. The van der Waals surface area contributed by atoms with Crippen molar-refractivity contribution in [2.24, 2.45) is 14.1 Å². The lowest BCUT2D eigenvalue weighted by atomic mass is 10.1. The Bertz CT molecular complexity index is 1380. The van der Waals surface area contributed by atoms with Crippen LogP contribution in [0.2, 0.25) is 5.02 Å². The van der Waals surface area contributed by atoms with Gasteiger partial charge in [0.2, 0.25) is 0 Å². The molecule has 0 N–H and O–H groups in total. The van der Waals surface area contributed by atoms with Gasteiger partial charge in [0.15, 0.2) is 23.0 Å². The third-order valence-corrected chi connectivity index (χ3v) is 5.74. The molecule has 0 saturated carbocycles. The number of furan rings is 1. The topological polar surface area (TPSA) is 100.0 Å². The number of hydrogen-bond acceptors (Lipinski definition) is 7. The first kappa shape index (κ1) is 20.1. The van der Waals surface area contributed by atoms with Crippen LogP contribution >= 0.6 is 23.4 Å². The van der Waals surface area contributed by atoms with Crippen molar-refractivity contribution in [3.63, 3.8) is 0 Å². The number of carbonyl (C=O) groups is 1. The van der Waals surface area contributed by atoms with Crippen LogP contribution in [0.25, 0.3) is 22.6 Å². The molecule has 0 bridgehead atoms. The van der Waals surface area contributed by atoms with Crippen LogP contribution in [-0.2, 0) is 14.1 Å². The zero-order chi connectivity index (χ0) is 21.4. The van der Waals surface area contributed by atoms with E-state index in [-0.39, 0.29) is 28.4 Å². The van der Waals surface area contributed by atoms with Gasteiger partial charge in [0.05, 0.1) is 12.0 Å². The molecule has 0 amide bonds. The SMILES string of the molecule is Cn1c(=O)c2c(SCC(=O)c3ccc(Cl)cc3)nc(-c3ccco3)nc2n(C)c1=O. The number of aryl methyl sites for hydroxylation is 1. The molecule has 0 fully saturated rings. The highest BCUT2D eigenvalue weighted by molar-refractivity contribution is 8.00. The first-order chi connectivity index (χ1) is 14.4. The summed E-state index contributed by atoms with van der Waals surface area (Å²) in [5.41, 5.74) is -0.368. The van der Waals surface area contributed by atoms with Crippen molar-refractivity contribution in [3.05, 3.63) is 74.1 Å². The number of fused-ring (bicyclic) bond motifs is 1. The van der Waals surface area contributed by atoms with E-state index in [9.17, 15) is 14.4 Å². The maximum atomic E-state index is 12.8. The van der Waals surface area contributed by atoms with Crippen LogP contribution in [0.1, 0.15) is 10.4 Å². The summed E-state index contributed by atoms with van der Waals surface area (Å²) < 4.78 is 7.63. The van der Waals surface area contributed by atoms with Gasteiger partial charge in [-0.2, -0.15) is 0 Å². The lowest BCUT2D eigenvalue weighted by Gasteiger charge is -2.11. The summed E-state index contributed by atoms with van der Waals surface area (Å²) in [6.45, 7) is 0. The Hall–Kier alpha value is -3.17. The van der Waals surface area contributed by atoms with Crippen molar-refractivity contribution in [2.45, 2.75) is 5.03 Å². The summed E-state index contributed by atoms with van der Waals surface area (Å²) in [4.78, 5) is 46.6. The van der Waals surface area contributed by atoms with Crippen molar-refractivity contribution < 1.29 is 9.21 Å². The monoisotopic (exact) mass is 442 g/mol. The maximum Gasteiger partial charge on any atom is 0.332 e. The van der Waals surface area contributed by atoms with Crippen molar-refractivity contribution in [1.29, 1.82) is 0 Å². The average Bonchev–Trinajstić information content (AvgIpc) is 3.29. The van der Waals surface area contributed by atoms with E-state index in [1.54, 1.807) is 36.4 Å². The van der Waals surface area contributed by atoms with Gasteiger partial charge in [-0.05, 0) is 36.4 Å². The molecule has 0 unspecified atom stereocenters. The Morgan fingerprint density at radius 2 is 1.83 bits per heavy atom. The van der Waals surface area contributed by atoms with E-state index in [0.717, 1.165) is 16.3 Å². The number of benzene rings is 1. The summed E-state index contributed by atoms with van der Waals surface area (Å²) in [7, 11) is 2.91. The standard InChI is InChI=1S/C20H15ClN4O4S/c1-24-17-15(19(27)25(2)20(24)28)18(23-16(22-17)14-4-3-9-29-14)30-10-13(26)11-5-7-12(21)8-6-11/h3-9H,10H2,1-2H3. The number of rotatable bonds is 5. The number of aromatic nitrogens is 4. The second-order valence-corrected chi connectivity index (χ2v) is 7.85. The number of nitrogens with zero attached hydrogens (tertiary/aromatic N) is 4. The zero-order valence-electron chi connectivity index (χ0n) is 16.0. The minimum Gasteiger partial charge on any atom is -0.461 e. The molecule has 30 heavy (non-hydrogen) atoms. The van der Waals surface area contributed by atoms with Gasteiger partial charge < -0.3 is 4.42 Å². The number of halogens is 1. The van der Waals surface area contributed by atoms with Gasteiger partial charge in [0.25, 0.3) is 5.56 Å². The van der Waals surface area contributed by atoms with Crippen LogP contribution in [-0.4, -0.2) is 30.6 Å². The van der Waals surface area contributed by atoms with E-state index in [4.69, 9.17) is 16.0 Å². The number of Topliss-reactive ketones (excluding diaryl/α,β-unsaturated/α-hetero) is 1. The fourth-order valence-corrected chi connectivity index (χ4v) is 3.94. The van der Waals surface area contributed by atoms with Crippen molar-refractivity contribution in [2.75, 3.05) is 5.75 Å². The molecule has 0 aliphatic heterocycles. The second kappa shape index (κ2) is 7.92. The Kier molecular flexibility index (Phi) is 5.31. The normalized spacial score (nSPS) is 11.2. The second-order valence-electron chi connectivity index (χ2n) is 6.45. The minimum absolute atomic E-state index is 0.0390. The van der Waals surface area contributed by atoms with E-state index in [1.807, 2.05) is 0 Å². The summed E-state index contributed by atoms with van der Waals surface area (Å²) in [6, 6.07) is 9.91. The van der Waals surface area contributed by atoms with E-state index < -0.39 is 11.2 Å². The lowest BCUT2D eigenvalue weighted by molar-refractivity contribution is 0.102. The fraction of sp³-hybridized carbons (Fsp3) is 0.150. The highest BCUT2D eigenvalue weighted by Gasteiger charge is 2.20. The Morgan fingerprint density at radius 3 is 2.50 bits per heavy atom.